The molecule has 1 heterocycles. The van der Waals surface area contributed by atoms with E-state index >= 15 is 0 Å². The molecular formula is C16H25N5O. The molecule has 0 aliphatic heterocycles. The van der Waals surface area contributed by atoms with Gasteiger partial charge in [0, 0.05) is 19.6 Å². The quantitative estimate of drug-likeness (QED) is 0.762. The third-order valence-corrected chi connectivity index (χ3v) is 3.41. The Balaban J connectivity index is 1.95. The summed E-state index contributed by atoms with van der Waals surface area (Å²) in [6.07, 6.45) is 0.963. The van der Waals surface area contributed by atoms with Crippen LogP contribution in [0, 0.1) is 0 Å². The van der Waals surface area contributed by atoms with Gasteiger partial charge in [0.15, 0.2) is 5.82 Å². The molecule has 2 aromatic rings. The van der Waals surface area contributed by atoms with E-state index in [-0.39, 0.29) is 0 Å². The molecule has 0 aliphatic rings. The van der Waals surface area contributed by atoms with Gasteiger partial charge in [-0.2, -0.15) is 4.98 Å². The van der Waals surface area contributed by atoms with Crippen LogP contribution in [0.15, 0.2) is 34.9 Å². The van der Waals surface area contributed by atoms with Crippen molar-refractivity contribution >= 4 is 0 Å². The minimum atomic E-state index is -0.593. The summed E-state index contributed by atoms with van der Waals surface area (Å²) >= 11 is 0. The van der Waals surface area contributed by atoms with Gasteiger partial charge in [-0.05, 0) is 25.8 Å². The first-order valence-corrected chi connectivity index (χ1v) is 7.57. The fourth-order valence-electron chi connectivity index (χ4n) is 2.16. The van der Waals surface area contributed by atoms with Gasteiger partial charge in [0.05, 0.1) is 12.1 Å². The van der Waals surface area contributed by atoms with E-state index in [1.54, 1.807) is 0 Å². The van der Waals surface area contributed by atoms with Crippen LogP contribution in [-0.2, 0) is 18.5 Å². The van der Waals surface area contributed by atoms with E-state index in [0.29, 0.717) is 24.8 Å². The van der Waals surface area contributed by atoms with E-state index in [1.165, 1.54) is 5.56 Å². The number of rotatable bonds is 8. The summed E-state index contributed by atoms with van der Waals surface area (Å²) in [6, 6.07) is 10.4. The van der Waals surface area contributed by atoms with Crippen molar-refractivity contribution in [2.75, 3.05) is 19.6 Å². The molecule has 0 unspecified atom stereocenters. The molecule has 2 rings (SSSR count). The average molecular weight is 303 g/mol. The summed E-state index contributed by atoms with van der Waals surface area (Å²) in [5, 5.41) is 3.95. The Morgan fingerprint density at radius 1 is 1.18 bits per heavy atom. The lowest BCUT2D eigenvalue weighted by atomic mass is 10.1. The van der Waals surface area contributed by atoms with Gasteiger partial charge in [-0.1, -0.05) is 35.5 Å². The lowest BCUT2D eigenvalue weighted by Crippen LogP contribution is -2.32. The first-order valence-electron chi connectivity index (χ1n) is 7.57. The standard InChI is InChI=1S/C16H25N5O/c1-16(2,18)15-19-14(22-20-15)12-21(11-9-17)10-8-13-6-4-3-5-7-13/h3-7H,8-12,17-18H2,1-2H3. The van der Waals surface area contributed by atoms with Gasteiger partial charge in [0.1, 0.15) is 0 Å². The summed E-state index contributed by atoms with van der Waals surface area (Å²) in [4.78, 5) is 6.59. The molecule has 6 nitrogen and oxygen atoms in total. The maximum atomic E-state index is 5.98. The van der Waals surface area contributed by atoms with E-state index in [2.05, 4.69) is 39.3 Å². The molecule has 0 spiro atoms. The number of hydrogen-bond acceptors (Lipinski definition) is 6. The highest BCUT2D eigenvalue weighted by atomic mass is 16.5. The van der Waals surface area contributed by atoms with E-state index in [9.17, 15) is 0 Å². The highest BCUT2D eigenvalue weighted by Gasteiger charge is 2.22. The largest absolute Gasteiger partial charge is 0.338 e. The lowest BCUT2D eigenvalue weighted by Gasteiger charge is -2.19. The predicted octanol–water partition coefficient (Wildman–Crippen LogP) is 1.27. The number of benzene rings is 1. The van der Waals surface area contributed by atoms with Gasteiger partial charge in [-0.25, -0.2) is 0 Å². The Kier molecular flexibility index (Phi) is 5.65. The summed E-state index contributed by atoms with van der Waals surface area (Å²) in [7, 11) is 0. The van der Waals surface area contributed by atoms with Crippen molar-refractivity contribution in [1.29, 1.82) is 0 Å². The third-order valence-electron chi connectivity index (χ3n) is 3.41. The minimum Gasteiger partial charge on any atom is -0.338 e. The second-order valence-electron chi connectivity index (χ2n) is 6.03. The topological polar surface area (TPSA) is 94.2 Å². The van der Waals surface area contributed by atoms with E-state index in [4.69, 9.17) is 16.0 Å². The third kappa shape index (κ3) is 4.91. The lowest BCUT2D eigenvalue weighted by molar-refractivity contribution is 0.233. The molecule has 0 amide bonds. The minimum absolute atomic E-state index is 0.526. The smallest absolute Gasteiger partial charge is 0.240 e. The first kappa shape index (κ1) is 16.6. The van der Waals surface area contributed by atoms with Crippen LogP contribution in [0.4, 0.5) is 0 Å². The highest BCUT2D eigenvalue weighted by Crippen LogP contribution is 2.13. The molecule has 0 fully saturated rings. The zero-order chi connectivity index (χ0) is 16.0. The molecule has 0 radical (unpaired) electrons. The van der Waals surface area contributed by atoms with Crippen LogP contribution in [-0.4, -0.2) is 34.7 Å². The Morgan fingerprint density at radius 3 is 2.50 bits per heavy atom. The fraction of sp³-hybridized carbons (Fsp3) is 0.500. The van der Waals surface area contributed by atoms with Crippen LogP contribution < -0.4 is 11.5 Å². The molecule has 0 bridgehead atoms. The van der Waals surface area contributed by atoms with Gasteiger partial charge in [0.2, 0.25) is 5.89 Å². The number of aromatic nitrogens is 2. The van der Waals surface area contributed by atoms with Gasteiger partial charge in [-0.15, -0.1) is 0 Å². The van der Waals surface area contributed by atoms with Crippen LogP contribution in [0.1, 0.15) is 31.1 Å². The van der Waals surface area contributed by atoms with Crippen molar-refractivity contribution in [3.63, 3.8) is 0 Å². The second kappa shape index (κ2) is 7.49. The molecular weight excluding hydrogens is 278 g/mol. The van der Waals surface area contributed by atoms with Gasteiger partial charge in [0.25, 0.3) is 0 Å². The van der Waals surface area contributed by atoms with Crippen molar-refractivity contribution in [3.05, 3.63) is 47.6 Å². The Bertz CT molecular complexity index is 561. The number of nitrogens with two attached hydrogens (primary N) is 2. The fourth-order valence-corrected chi connectivity index (χ4v) is 2.16. The molecule has 0 aliphatic carbocycles. The first-order chi connectivity index (χ1) is 10.5. The van der Waals surface area contributed by atoms with Crippen LogP contribution in [0.5, 0.6) is 0 Å². The predicted molar refractivity (Wildman–Crippen MR) is 86.0 cm³/mol. The van der Waals surface area contributed by atoms with Crippen LogP contribution in [0.25, 0.3) is 0 Å². The van der Waals surface area contributed by atoms with Crippen molar-refractivity contribution in [2.24, 2.45) is 11.5 Å². The summed E-state index contributed by atoms with van der Waals surface area (Å²) in [5.41, 5.74) is 12.4. The van der Waals surface area contributed by atoms with Crippen molar-refractivity contribution in [2.45, 2.75) is 32.4 Å². The zero-order valence-corrected chi connectivity index (χ0v) is 13.3. The maximum absolute atomic E-state index is 5.98. The maximum Gasteiger partial charge on any atom is 0.240 e. The van der Waals surface area contributed by atoms with Gasteiger partial charge >= 0.3 is 0 Å². The molecule has 120 valence electrons. The molecule has 22 heavy (non-hydrogen) atoms. The highest BCUT2D eigenvalue weighted by molar-refractivity contribution is 5.14. The number of hydrogen-bond donors (Lipinski definition) is 2. The molecule has 6 heteroatoms. The SMILES string of the molecule is CC(C)(N)c1noc(CN(CCN)CCc2ccccc2)n1. The van der Waals surface area contributed by atoms with E-state index in [0.717, 1.165) is 19.5 Å². The summed E-state index contributed by atoms with van der Waals surface area (Å²) < 4.78 is 5.30. The molecule has 0 atom stereocenters. The summed E-state index contributed by atoms with van der Waals surface area (Å²) in [5.74, 6) is 1.10. The zero-order valence-electron chi connectivity index (χ0n) is 13.3. The van der Waals surface area contributed by atoms with Crippen LogP contribution in [0.2, 0.25) is 0 Å². The van der Waals surface area contributed by atoms with Crippen molar-refractivity contribution < 1.29 is 4.52 Å². The Morgan fingerprint density at radius 2 is 1.91 bits per heavy atom. The van der Waals surface area contributed by atoms with Gasteiger partial charge < -0.3 is 16.0 Å². The normalized spacial score (nSPS) is 12.0. The van der Waals surface area contributed by atoms with Crippen molar-refractivity contribution in [3.8, 4) is 0 Å². The molecule has 0 saturated carbocycles. The average Bonchev–Trinajstić information content (AvgIpc) is 2.95. The molecule has 0 saturated heterocycles. The molecule has 4 N–H and O–H groups in total. The van der Waals surface area contributed by atoms with Crippen LogP contribution in [0.3, 0.4) is 0 Å². The van der Waals surface area contributed by atoms with Crippen LogP contribution >= 0.6 is 0 Å². The monoisotopic (exact) mass is 303 g/mol. The summed E-state index contributed by atoms with van der Waals surface area (Å²) in [6.45, 7) is 6.58. The van der Waals surface area contributed by atoms with Gasteiger partial charge in [-0.3, -0.25) is 4.90 Å². The molecule has 1 aromatic carbocycles. The van der Waals surface area contributed by atoms with E-state index in [1.807, 2.05) is 19.9 Å². The Labute approximate surface area is 131 Å². The van der Waals surface area contributed by atoms with Crippen molar-refractivity contribution in [1.82, 2.24) is 15.0 Å². The number of nitrogens with zero attached hydrogens (tertiary/aromatic N) is 3. The Hall–Kier alpha value is -1.76. The second-order valence-corrected chi connectivity index (χ2v) is 6.03. The van der Waals surface area contributed by atoms with E-state index < -0.39 is 5.54 Å². The molecule has 1 aromatic heterocycles.